The zero-order chi connectivity index (χ0) is 23.0. The monoisotopic (exact) mass is 455 g/mol. The van der Waals surface area contributed by atoms with Crippen molar-refractivity contribution in [1.82, 2.24) is 4.90 Å². The highest BCUT2D eigenvalue weighted by Gasteiger charge is 2.46. The SMILES string of the molecule is Cc1ccc(S(=O)(=O)C2=C(O)C(=O)N(Cc3ccc(F)cc3)[C@H]2c2ccc(F)cc2)cc1. The van der Waals surface area contributed by atoms with Gasteiger partial charge in [-0.2, -0.15) is 0 Å². The van der Waals surface area contributed by atoms with E-state index in [1.807, 2.05) is 0 Å². The van der Waals surface area contributed by atoms with Crippen LogP contribution < -0.4 is 0 Å². The number of hydrogen-bond acceptors (Lipinski definition) is 4. The third kappa shape index (κ3) is 3.89. The Hall–Kier alpha value is -3.52. The molecule has 0 unspecified atom stereocenters. The van der Waals surface area contributed by atoms with E-state index >= 15 is 0 Å². The Bertz CT molecular complexity index is 1300. The predicted molar refractivity (Wildman–Crippen MR) is 114 cm³/mol. The maximum atomic E-state index is 13.5. The highest BCUT2D eigenvalue weighted by Crippen LogP contribution is 2.43. The molecule has 0 radical (unpaired) electrons. The van der Waals surface area contributed by atoms with Crippen LogP contribution >= 0.6 is 0 Å². The number of aliphatic hydroxyl groups is 1. The molecule has 3 aromatic rings. The van der Waals surface area contributed by atoms with Gasteiger partial charge in [-0.25, -0.2) is 17.2 Å². The average molecular weight is 455 g/mol. The van der Waals surface area contributed by atoms with Crippen molar-refractivity contribution in [2.45, 2.75) is 24.4 Å². The molecule has 5 nitrogen and oxygen atoms in total. The minimum Gasteiger partial charge on any atom is -0.502 e. The summed E-state index contributed by atoms with van der Waals surface area (Å²) in [6, 6.07) is 15.3. The first kappa shape index (κ1) is 21.7. The van der Waals surface area contributed by atoms with Crippen molar-refractivity contribution in [3.05, 3.63) is 112 Å². The van der Waals surface area contributed by atoms with Gasteiger partial charge < -0.3 is 10.0 Å². The molecular weight excluding hydrogens is 436 g/mol. The number of hydrogen-bond donors (Lipinski definition) is 1. The maximum Gasteiger partial charge on any atom is 0.290 e. The van der Waals surface area contributed by atoms with Gasteiger partial charge in [-0.1, -0.05) is 42.0 Å². The molecule has 1 atom stereocenters. The van der Waals surface area contributed by atoms with Gasteiger partial charge in [0, 0.05) is 6.54 Å². The van der Waals surface area contributed by atoms with E-state index < -0.39 is 44.1 Å². The molecule has 1 amide bonds. The lowest BCUT2D eigenvalue weighted by atomic mass is 10.1. The molecule has 1 heterocycles. The van der Waals surface area contributed by atoms with Crippen LogP contribution in [0.15, 0.2) is 88.4 Å². The number of amides is 1. The summed E-state index contributed by atoms with van der Waals surface area (Å²) in [4.78, 5) is 13.6. The second-order valence-corrected chi connectivity index (χ2v) is 9.46. The van der Waals surface area contributed by atoms with Crippen LogP contribution in [-0.2, 0) is 21.2 Å². The topological polar surface area (TPSA) is 74.7 Å². The number of carbonyl (C=O) groups is 1. The maximum absolute atomic E-state index is 13.5. The molecule has 0 spiro atoms. The summed E-state index contributed by atoms with van der Waals surface area (Å²) in [5.74, 6) is -2.75. The molecule has 0 fully saturated rings. The summed E-state index contributed by atoms with van der Waals surface area (Å²) in [5.41, 5.74) is 1.70. The quantitative estimate of drug-likeness (QED) is 0.610. The molecular formula is C24H19F2NO4S. The van der Waals surface area contributed by atoms with E-state index in [1.54, 1.807) is 19.1 Å². The van der Waals surface area contributed by atoms with Gasteiger partial charge in [0.15, 0.2) is 5.76 Å². The minimum atomic E-state index is -4.26. The van der Waals surface area contributed by atoms with Crippen LogP contribution in [0.25, 0.3) is 0 Å². The first-order valence-corrected chi connectivity index (χ1v) is 11.2. The summed E-state index contributed by atoms with van der Waals surface area (Å²) in [6.07, 6.45) is 0. The molecule has 0 aliphatic carbocycles. The fourth-order valence-corrected chi connectivity index (χ4v) is 5.32. The lowest BCUT2D eigenvalue weighted by Gasteiger charge is -2.27. The number of aliphatic hydroxyl groups excluding tert-OH is 1. The van der Waals surface area contributed by atoms with Crippen molar-refractivity contribution in [1.29, 1.82) is 0 Å². The van der Waals surface area contributed by atoms with Gasteiger partial charge >= 0.3 is 0 Å². The summed E-state index contributed by atoms with van der Waals surface area (Å²) in [6.45, 7) is 1.72. The van der Waals surface area contributed by atoms with E-state index in [-0.39, 0.29) is 11.4 Å². The van der Waals surface area contributed by atoms with E-state index in [0.717, 1.165) is 17.7 Å². The van der Waals surface area contributed by atoms with E-state index in [4.69, 9.17) is 0 Å². The van der Waals surface area contributed by atoms with Crippen LogP contribution in [0.2, 0.25) is 0 Å². The van der Waals surface area contributed by atoms with Gasteiger partial charge in [0.1, 0.15) is 16.5 Å². The number of aryl methyl sites for hydroxylation is 1. The van der Waals surface area contributed by atoms with Crippen LogP contribution in [0.3, 0.4) is 0 Å². The Morgan fingerprint density at radius 3 is 1.97 bits per heavy atom. The molecule has 0 saturated carbocycles. The summed E-state index contributed by atoms with van der Waals surface area (Å²) >= 11 is 0. The van der Waals surface area contributed by atoms with Crippen LogP contribution in [0.1, 0.15) is 22.7 Å². The smallest absolute Gasteiger partial charge is 0.290 e. The van der Waals surface area contributed by atoms with Crippen molar-refractivity contribution >= 4 is 15.7 Å². The average Bonchev–Trinajstić information content (AvgIpc) is 3.01. The number of nitrogens with zero attached hydrogens (tertiary/aromatic N) is 1. The van der Waals surface area contributed by atoms with Crippen LogP contribution in [0.5, 0.6) is 0 Å². The number of carbonyl (C=O) groups excluding carboxylic acids is 1. The number of sulfone groups is 1. The molecule has 1 aliphatic rings. The Balaban J connectivity index is 1.84. The normalized spacial score (nSPS) is 16.7. The summed E-state index contributed by atoms with van der Waals surface area (Å²) in [5, 5.41) is 10.7. The number of halogens is 2. The van der Waals surface area contributed by atoms with Crippen molar-refractivity contribution < 1.29 is 27.1 Å². The molecule has 0 aromatic heterocycles. The predicted octanol–water partition coefficient (Wildman–Crippen LogP) is 4.60. The zero-order valence-corrected chi connectivity index (χ0v) is 17.8. The summed E-state index contributed by atoms with van der Waals surface area (Å²) < 4.78 is 53.8. The Morgan fingerprint density at radius 1 is 0.875 bits per heavy atom. The van der Waals surface area contributed by atoms with Gasteiger partial charge in [0.2, 0.25) is 9.84 Å². The molecule has 1 N–H and O–H groups in total. The first-order chi connectivity index (χ1) is 15.2. The molecule has 3 aromatic carbocycles. The van der Waals surface area contributed by atoms with E-state index in [9.17, 15) is 27.1 Å². The van der Waals surface area contributed by atoms with Crippen LogP contribution in [0.4, 0.5) is 8.78 Å². The van der Waals surface area contributed by atoms with Crippen molar-refractivity contribution in [2.24, 2.45) is 0 Å². The standard InChI is InChI=1S/C24H19F2NO4S/c1-15-2-12-20(13-3-15)32(30,31)23-21(17-6-10-19(26)11-7-17)27(24(29)22(23)28)14-16-4-8-18(25)9-5-16/h2-13,21,28H,14H2,1H3/t21-/m0/s1. The lowest BCUT2D eigenvalue weighted by molar-refractivity contribution is -0.130. The molecule has 0 saturated heterocycles. The Labute approximate surface area is 184 Å². The largest absolute Gasteiger partial charge is 0.502 e. The van der Waals surface area contributed by atoms with Crippen molar-refractivity contribution in [3.8, 4) is 0 Å². The van der Waals surface area contributed by atoms with Gasteiger partial charge in [-0.15, -0.1) is 0 Å². The Morgan fingerprint density at radius 2 is 1.41 bits per heavy atom. The molecule has 0 bridgehead atoms. The molecule has 8 heteroatoms. The van der Waals surface area contributed by atoms with Crippen molar-refractivity contribution in [2.75, 3.05) is 0 Å². The van der Waals surface area contributed by atoms with Gasteiger partial charge in [-0.05, 0) is 54.4 Å². The van der Waals surface area contributed by atoms with E-state index in [0.29, 0.717) is 11.1 Å². The summed E-state index contributed by atoms with van der Waals surface area (Å²) in [7, 11) is -4.26. The molecule has 164 valence electrons. The van der Waals surface area contributed by atoms with Gasteiger partial charge in [-0.3, -0.25) is 4.79 Å². The van der Waals surface area contributed by atoms with Crippen LogP contribution in [-0.4, -0.2) is 24.3 Å². The van der Waals surface area contributed by atoms with Gasteiger partial charge in [0.25, 0.3) is 5.91 Å². The third-order valence-electron chi connectivity index (χ3n) is 5.33. The minimum absolute atomic E-state index is 0.0757. The fraction of sp³-hybridized carbons (Fsp3) is 0.125. The van der Waals surface area contributed by atoms with Gasteiger partial charge in [0.05, 0.1) is 10.9 Å². The molecule has 4 rings (SSSR count). The molecule has 1 aliphatic heterocycles. The highest BCUT2D eigenvalue weighted by atomic mass is 32.2. The lowest BCUT2D eigenvalue weighted by Crippen LogP contribution is -2.30. The van der Waals surface area contributed by atoms with E-state index in [1.165, 1.54) is 53.4 Å². The van der Waals surface area contributed by atoms with Crippen LogP contribution in [0, 0.1) is 18.6 Å². The zero-order valence-electron chi connectivity index (χ0n) is 17.0. The van der Waals surface area contributed by atoms with Crippen molar-refractivity contribution in [3.63, 3.8) is 0 Å². The second kappa shape index (κ2) is 8.20. The fourth-order valence-electron chi connectivity index (χ4n) is 3.67. The first-order valence-electron chi connectivity index (χ1n) is 9.74. The third-order valence-corrected chi connectivity index (χ3v) is 7.22. The molecule has 32 heavy (non-hydrogen) atoms. The number of rotatable bonds is 5. The highest BCUT2D eigenvalue weighted by molar-refractivity contribution is 7.95. The number of benzene rings is 3. The second-order valence-electron chi connectivity index (χ2n) is 7.54. The Kier molecular flexibility index (Phi) is 5.56. The van der Waals surface area contributed by atoms with E-state index in [2.05, 4.69) is 0 Å².